The van der Waals surface area contributed by atoms with Crippen LogP contribution in [0.5, 0.6) is 0 Å². The van der Waals surface area contributed by atoms with E-state index in [-0.39, 0.29) is 0 Å². The van der Waals surface area contributed by atoms with Gasteiger partial charge in [-0.05, 0) is 51.0 Å². The lowest BCUT2D eigenvalue weighted by Gasteiger charge is -2.39. The number of anilines is 2. The van der Waals surface area contributed by atoms with Gasteiger partial charge in [-0.3, -0.25) is 0 Å². The number of hydrogen-bond acceptors (Lipinski definition) is 3. The lowest BCUT2D eigenvalue weighted by molar-refractivity contribution is 0.0110. The number of rotatable bonds is 2. The maximum absolute atomic E-state index is 10.1. The largest absolute Gasteiger partial charge is 0.399 e. The first-order valence-electron chi connectivity index (χ1n) is 7.29. The van der Waals surface area contributed by atoms with Crippen molar-refractivity contribution in [3.63, 3.8) is 0 Å². The molecule has 0 amide bonds. The summed E-state index contributed by atoms with van der Waals surface area (Å²) >= 11 is 0. The van der Waals surface area contributed by atoms with Crippen molar-refractivity contribution in [1.29, 1.82) is 0 Å². The fourth-order valence-corrected chi connectivity index (χ4v) is 2.47. The van der Waals surface area contributed by atoms with Gasteiger partial charge in [0.05, 0.1) is 5.60 Å². The van der Waals surface area contributed by atoms with Crippen LogP contribution in [0.1, 0.15) is 40.5 Å². The smallest absolute Gasteiger partial charge is 0.0636 e. The first-order chi connectivity index (χ1) is 8.97. The van der Waals surface area contributed by atoms with E-state index in [9.17, 15) is 5.11 Å². The number of nitrogen functional groups attached to an aromatic ring is 1. The zero-order chi connectivity index (χ0) is 14.5. The molecule has 1 heterocycles. The highest BCUT2D eigenvalue weighted by molar-refractivity contribution is 5.53. The van der Waals surface area contributed by atoms with Gasteiger partial charge in [0.25, 0.3) is 0 Å². The van der Waals surface area contributed by atoms with Crippen molar-refractivity contribution in [2.24, 2.45) is 5.92 Å². The molecule has 0 aromatic heterocycles. The molecule has 3 N–H and O–H groups in total. The molecule has 3 heteroatoms. The van der Waals surface area contributed by atoms with Crippen LogP contribution in [-0.4, -0.2) is 23.8 Å². The molecule has 1 aliphatic rings. The standard InChI is InChI=1S/C14H22N2O.C2H6/c1-14(2,17)11-4-3-9-16(10-11)13-7-5-12(15)6-8-13;1-2/h5-8,11,17H,3-4,9-10,15H2,1-2H3;1-2H3. The Balaban J connectivity index is 0.000000861. The second kappa shape index (κ2) is 6.80. The second-order valence-corrected chi connectivity index (χ2v) is 5.53. The monoisotopic (exact) mass is 264 g/mol. The highest BCUT2D eigenvalue weighted by Crippen LogP contribution is 2.29. The van der Waals surface area contributed by atoms with Crippen LogP contribution >= 0.6 is 0 Å². The van der Waals surface area contributed by atoms with E-state index in [4.69, 9.17) is 5.73 Å². The first-order valence-corrected chi connectivity index (χ1v) is 7.29. The molecule has 0 radical (unpaired) electrons. The normalized spacial score (nSPS) is 19.6. The van der Waals surface area contributed by atoms with E-state index in [1.54, 1.807) is 0 Å². The Kier molecular flexibility index (Phi) is 5.67. The second-order valence-electron chi connectivity index (χ2n) is 5.53. The maximum atomic E-state index is 10.1. The zero-order valence-corrected chi connectivity index (χ0v) is 12.7. The van der Waals surface area contributed by atoms with E-state index >= 15 is 0 Å². The average molecular weight is 264 g/mol. The molecule has 1 fully saturated rings. The molecule has 0 spiro atoms. The molecule has 0 bridgehead atoms. The Bertz CT molecular complexity index is 367. The van der Waals surface area contributed by atoms with Gasteiger partial charge in [-0.15, -0.1) is 0 Å². The molecule has 1 aliphatic heterocycles. The van der Waals surface area contributed by atoms with Gasteiger partial charge in [0.1, 0.15) is 0 Å². The summed E-state index contributed by atoms with van der Waals surface area (Å²) in [5, 5.41) is 10.1. The summed E-state index contributed by atoms with van der Waals surface area (Å²) in [5.74, 6) is 0.341. The van der Waals surface area contributed by atoms with E-state index in [1.807, 2.05) is 39.8 Å². The van der Waals surface area contributed by atoms with Crippen molar-refractivity contribution < 1.29 is 5.11 Å². The molecule has 0 saturated carbocycles. The van der Waals surface area contributed by atoms with Gasteiger partial charge in [-0.25, -0.2) is 0 Å². The van der Waals surface area contributed by atoms with Gasteiger partial charge in [0.2, 0.25) is 0 Å². The predicted octanol–water partition coefficient (Wildman–Crippen LogP) is 3.28. The fourth-order valence-electron chi connectivity index (χ4n) is 2.47. The fraction of sp³-hybridized carbons (Fsp3) is 0.625. The summed E-state index contributed by atoms with van der Waals surface area (Å²) in [5.41, 5.74) is 7.10. The molecule has 0 aliphatic carbocycles. The molecule has 1 unspecified atom stereocenters. The van der Waals surface area contributed by atoms with Crippen LogP contribution in [0.4, 0.5) is 11.4 Å². The van der Waals surface area contributed by atoms with E-state index in [1.165, 1.54) is 5.69 Å². The maximum Gasteiger partial charge on any atom is 0.0636 e. The molecular weight excluding hydrogens is 236 g/mol. The van der Waals surface area contributed by atoms with Gasteiger partial charge >= 0.3 is 0 Å². The summed E-state index contributed by atoms with van der Waals surface area (Å²) in [6, 6.07) is 7.98. The van der Waals surface area contributed by atoms with E-state index < -0.39 is 5.60 Å². The van der Waals surface area contributed by atoms with Crippen LogP contribution < -0.4 is 10.6 Å². The van der Waals surface area contributed by atoms with Crippen molar-refractivity contribution in [3.05, 3.63) is 24.3 Å². The quantitative estimate of drug-likeness (QED) is 0.806. The van der Waals surface area contributed by atoms with E-state index in [0.717, 1.165) is 31.6 Å². The van der Waals surface area contributed by atoms with E-state index in [2.05, 4.69) is 17.0 Å². The highest BCUT2D eigenvalue weighted by Gasteiger charge is 2.31. The zero-order valence-electron chi connectivity index (χ0n) is 12.7. The molecule has 3 nitrogen and oxygen atoms in total. The SMILES string of the molecule is CC.CC(C)(O)C1CCCN(c2ccc(N)cc2)C1. The number of benzene rings is 1. The highest BCUT2D eigenvalue weighted by atomic mass is 16.3. The average Bonchev–Trinajstić information content (AvgIpc) is 2.41. The van der Waals surface area contributed by atoms with Gasteiger partial charge in [0.15, 0.2) is 0 Å². The molecule has 108 valence electrons. The van der Waals surface area contributed by atoms with Gasteiger partial charge in [-0.2, -0.15) is 0 Å². The Morgan fingerprint density at radius 2 is 1.79 bits per heavy atom. The van der Waals surface area contributed by atoms with Crippen LogP contribution in [0.2, 0.25) is 0 Å². The number of nitrogens with zero attached hydrogens (tertiary/aromatic N) is 1. The van der Waals surface area contributed by atoms with Crippen molar-refractivity contribution >= 4 is 11.4 Å². The third-order valence-corrected chi connectivity index (χ3v) is 3.68. The van der Waals surface area contributed by atoms with Crippen LogP contribution in [0, 0.1) is 5.92 Å². The van der Waals surface area contributed by atoms with Gasteiger partial charge < -0.3 is 15.7 Å². The lowest BCUT2D eigenvalue weighted by Crippen LogP contribution is -2.44. The van der Waals surface area contributed by atoms with Crippen molar-refractivity contribution in [3.8, 4) is 0 Å². The minimum absolute atomic E-state index is 0.341. The molecule has 2 rings (SSSR count). The summed E-state index contributed by atoms with van der Waals surface area (Å²) in [7, 11) is 0. The number of nitrogens with two attached hydrogens (primary N) is 1. The molecule has 1 aromatic rings. The minimum Gasteiger partial charge on any atom is -0.399 e. The molecular formula is C16H28N2O. The lowest BCUT2D eigenvalue weighted by atomic mass is 9.84. The predicted molar refractivity (Wildman–Crippen MR) is 83.4 cm³/mol. The number of hydrogen-bond donors (Lipinski definition) is 2. The van der Waals surface area contributed by atoms with Crippen molar-refractivity contribution in [2.45, 2.75) is 46.1 Å². The molecule has 1 aromatic carbocycles. The van der Waals surface area contributed by atoms with Crippen LogP contribution in [0.3, 0.4) is 0 Å². The van der Waals surface area contributed by atoms with Gasteiger partial charge in [-0.1, -0.05) is 13.8 Å². The topological polar surface area (TPSA) is 49.5 Å². The van der Waals surface area contributed by atoms with Crippen LogP contribution in [0.15, 0.2) is 24.3 Å². The molecule has 1 atom stereocenters. The Morgan fingerprint density at radius 3 is 2.32 bits per heavy atom. The number of aliphatic hydroxyl groups is 1. The van der Waals surface area contributed by atoms with Crippen molar-refractivity contribution in [2.75, 3.05) is 23.7 Å². The summed E-state index contributed by atoms with van der Waals surface area (Å²) < 4.78 is 0. The van der Waals surface area contributed by atoms with E-state index in [0.29, 0.717) is 5.92 Å². The van der Waals surface area contributed by atoms with Crippen LogP contribution in [-0.2, 0) is 0 Å². The molecule has 19 heavy (non-hydrogen) atoms. The Labute approximate surface area is 117 Å². The minimum atomic E-state index is -0.591. The van der Waals surface area contributed by atoms with Gasteiger partial charge in [0, 0.05) is 30.4 Å². The number of piperidine rings is 1. The third kappa shape index (κ3) is 4.43. The van der Waals surface area contributed by atoms with Crippen LogP contribution in [0.25, 0.3) is 0 Å². The summed E-state index contributed by atoms with van der Waals surface area (Å²) in [6.07, 6.45) is 2.24. The summed E-state index contributed by atoms with van der Waals surface area (Å²) in [6.45, 7) is 9.80. The Morgan fingerprint density at radius 1 is 1.21 bits per heavy atom. The summed E-state index contributed by atoms with van der Waals surface area (Å²) in [4.78, 5) is 2.34. The third-order valence-electron chi connectivity index (χ3n) is 3.68. The van der Waals surface area contributed by atoms with Crippen molar-refractivity contribution in [1.82, 2.24) is 0 Å². The molecule has 1 saturated heterocycles. The Hall–Kier alpha value is -1.22. The first kappa shape index (κ1) is 15.8.